The van der Waals surface area contributed by atoms with Gasteiger partial charge in [-0.15, -0.1) is 0 Å². The summed E-state index contributed by atoms with van der Waals surface area (Å²) in [7, 11) is 0. The van der Waals surface area contributed by atoms with Crippen molar-refractivity contribution in [2.45, 2.75) is 0 Å². The molecule has 3 aromatic rings. The Balaban J connectivity index is 1.57. The number of hydrogen-bond donors (Lipinski definition) is 0. The molecule has 4 nitrogen and oxygen atoms in total. The van der Waals surface area contributed by atoms with E-state index in [-0.39, 0.29) is 11.5 Å². The van der Waals surface area contributed by atoms with E-state index in [0.717, 1.165) is 10.0 Å². The Labute approximate surface area is 164 Å². The van der Waals surface area contributed by atoms with Crippen LogP contribution in [0.2, 0.25) is 0 Å². The van der Waals surface area contributed by atoms with Gasteiger partial charge in [0.05, 0.1) is 11.1 Å². The van der Waals surface area contributed by atoms with E-state index in [1.54, 1.807) is 48.5 Å². The molecular formula is C22H13BrO4. The number of ketones is 1. The maximum atomic E-state index is 12.5. The maximum Gasteiger partial charge on any atom is 0.343 e. The standard InChI is InChI=1S/C22H13BrO4/c23-16-8-4-5-14(11-16)12-20-21(24)18-10-9-17(13-19(18)27-20)26-22(25)15-6-2-1-3-7-15/h1-13H/b20-12-. The van der Waals surface area contributed by atoms with Crippen LogP contribution in [0.4, 0.5) is 0 Å². The van der Waals surface area contributed by atoms with Crippen molar-refractivity contribution in [3.8, 4) is 11.5 Å². The summed E-state index contributed by atoms with van der Waals surface area (Å²) in [6.07, 6.45) is 1.68. The van der Waals surface area contributed by atoms with Gasteiger partial charge in [-0.25, -0.2) is 4.79 Å². The van der Waals surface area contributed by atoms with Crippen molar-refractivity contribution in [3.63, 3.8) is 0 Å². The summed E-state index contributed by atoms with van der Waals surface area (Å²) >= 11 is 3.40. The number of esters is 1. The molecule has 0 fully saturated rings. The summed E-state index contributed by atoms with van der Waals surface area (Å²) in [5, 5.41) is 0. The van der Waals surface area contributed by atoms with E-state index in [1.807, 2.05) is 30.3 Å². The molecule has 0 aliphatic carbocycles. The molecule has 1 aliphatic rings. The lowest BCUT2D eigenvalue weighted by atomic mass is 10.1. The van der Waals surface area contributed by atoms with Gasteiger partial charge in [0.25, 0.3) is 0 Å². The highest BCUT2D eigenvalue weighted by Gasteiger charge is 2.28. The zero-order chi connectivity index (χ0) is 18.8. The monoisotopic (exact) mass is 420 g/mol. The molecule has 0 bridgehead atoms. The first-order chi connectivity index (χ1) is 13.1. The number of carbonyl (C=O) groups is 2. The predicted molar refractivity (Wildman–Crippen MR) is 105 cm³/mol. The molecule has 5 heteroatoms. The van der Waals surface area contributed by atoms with Crippen LogP contribution in [-0.2, 0) is 0 Å². The van der Waals surface area contributed by atoms with E-state index in [4.69, 9.17) is 9.47 Å². The van der Waals surface area contributed by atoms with Gasteiger partial charge >= 0.3 is 5.97 Å². The Kier molecular flexibility index (Phi) is 4.60. The van der Waals surface area contributed by atoms with Gasteiger partial charge in [0.2, 0.25) is 5.78 Å². The van der Waals surface area contributed by atoms with Gasteiger partial charge in [0.1, 0.15) is 11.5 Å². The molecule has 132 valence electrons. The Hall–Kier alpha value is -3.18. The number of carbonyl (C=O) groups excluding carboxylic acids is 2. The van der Waals surface area contributed by atoms with Crippen LogP contribution in [0.1, 0.15) is 26.3 Å². The second-order valence-electron chi connectivity index (χ2n) is 5.91. The Morgan fingerprint density at radius 3 is 2.56 bits per heavy atom. The molecule has 0 amide bonds. The van der Waals surface area contributed by atoms with E-state index < -0.39 is 5.97 Å². The lowest BCUT2D eigenvalue weighted by Crippen LogP contribution is -2.08. The number of allylic oxidation sites excluding steroid dienone is 1. The van der Waals surface area contributed by atoms with Crippen molar-refractivity contribution >= 4 is 33.8 Å². The molecule has 0 radical (unpaired) electrons. The molecule has 0 atom stereocenters. The third-order valence-corrected chi connectivity index (χ3v) is 4.50. The van der Waals surface area contributed by atoms with Gasteiger partial charge in [-0.1, -0.05) is 46.3 Å². The number of halogens is 1. The van der Waals surface area contributed by atoms with Crippen molar-refractivity contribution in [1.82, 2.24) is 0 Å². The van der Waals surface area contributed by atoms with Crippen LogP contribution in [0, 0.1) is 0 Å². The maximum absolute atomic E-state index is 12.5. The fourth-order valence-electron chi connectivity index (χ4n) is 2.72. The molecule has 3 aromatic carbocycles. The fourth-order valence-corrected chi connectivity index (χ4v) is 3.14. The van der Waals surface area contributed by atoms with Gasteiger partial charge in [0.15, 0.2) is 5.76 Å². The molecule has 1 heterocycles. The Morgan fingerprint density at radius 1 is 0.963 bits per heavy atom. The van der Waals surface area contributed by atoms with E-state index in [2.05, 4.69) is 15.9 Å². The minimum absolute atomic E-state index is 0.203. The second-order valence-corrected chi connectivity index (χ2v) is 6.82. The molecule has 27 heavy (non-hydrogen) atoms. The third-order valence-electron chi connectivity index (χ3n) is 4.01. The van der Waals surface area contributed by atoms with Crippen LogP contribution in [0.3, 0.4) is 0 Å². The number of hydrogen-bond acceptors (Lipinski definition) is 4. The lowest BCUT2D eigenvalue weighted by molar-refractivity contribution is 0.0734. The largest absolute Gasteiger partial charge is 0.452 e. The average molecular weight is 421 g/mol. The number of fused-ring (bicyclic) bond motifs is 1. The molecule has 1 aliphatic heterocycles. The number of ether oxygens (including phenoxy) is 2. The van der Waals surface area contributed by atoms with Crippen molar-refractivity contribution in [2.24, 2.45) is 0 Å². The Morgan fingerprint density at radius 2 is 1.78 bits per heavy atom. The molecule has 0 N–H and O–H groups in total. The first-order valence-electron chi connectivity index (χ1n) is 8.21. The highest BCUT2D eigenvalue weighted by Crippen LogP contribution is 2.35. The normalized spacial score (nSPS) is 14.0. The molecular weight excluding hydrogens is 408 g/mol. The lowest BCUT2D eigenvalue weighted by Gasteiger charge is -2.05. The van der Waals surface area contributed by atoms with Crippen molar-refractivity contribution in [2.75, 3.05) is 0 Å². The van der Waals surface area contributed by atoms with Gasteiger partial charge in [-0.2, -0.15) is 0 Å². The summed E-state index contributed by atoms with van der Waals surface area (Å²) in [6.45, 7) is 0. The van der Waals surface area contributed by atoms with Gasteiger partial charge in [0, 0.05) is 10.5 Å². The molecule has 0 aromatic heterocycles. The van der Waals surface area contributed by atoms with E-state index in [0.29, 0.717) is 22.6 Å². The number of Topliss-reactive ketones (excluding diaryl/α,β-unsaturated/α-hetero) is 1. The van der Waals surface area contributed by atoms with E-state index in [9.17, 15) is 9.59 Å². The zero-order valence-electron chi connectivity index (χ0n) is 14.0. The summed E-state index contributed by atoms with van der Waals surface area (Å²) in [5.41, 5.74) is 1.73. The van der Waals surface area contributed by atoms with Crippen LogP contribution < -0.4 is 9.47 Å². The smallest absolute Gasteiger partial charge is 0.343 e. The summed E-state index contributed by atoms with van der Waals surface area (Å²) in [6, 6.07) is 21.0. The van der Waals surface area contributed by atoms with Crippen LogP contribution in [-0.4, -0.2) is 11.8 Å². The van der Waals surface area contributed by atoms with Crippen LogP contribution in [0.5, 0.6) is 11.5 Å². The molecule has 0 saturated heterocycles. The minimum Gasteiger partial charge on any atom is -0.452 e. The summed E-state index contributed by atoms with van der Waals surface area (Å²) in [4.78, 5) is 24.7. The van der Waals surface area contributed by atoms with Crippen molar-refractivity contribution in [1.29, 1.82) is 0 Å². The molecule has 0 unspecified atom stereocenters. The molecule has 0 spiro atoms. The number of rotatable bonds is 3. The molecule has 4 rings (SSSR count). The van der Waals surface area contributed by atoms with Gasteiger partial charge in [-0.3, -0.25) is 4.79 Å². The summed E-state index contributed by atoms with van der Waals surface area (Å²) < 4.78 is 12.0. The minimum atomic E-state index is -0.468. The predicted octanol–water partition coefficient (Wildman–Crippen LogP) is 5.28. The highest BCUT2D eigenvalue weighted by molar-refractivity contribution is 9.10. The first kappa shape index (κ1) is 17.2. The van der Waals surface area contributed by atoms with Crippen molar-refractivity contribution in [3.05, 3.63) is 99.7 Å². The van der Waals surface area contributed by atoms with Gasteiger partial charge in [-0.05, 0) is 48.0 Å². The van der Waals surface area contributed by atoms with Crippen LogP contribution in [0.25, 0.3) is 6.08 Å². The van der Waals surface area contributed by atoms with Crippen molar-refractivity contribution < 1.29 is 19.1 Å². The van der Waals surface area contributed by atoms with E-state index in [1.165, 1.54) is 0 Å². The molecule has 0 saturated carbocycles. The highest BCUT2D eigenvalue weighted by atomic mass is 79.9. The SMILES string of the molecule is O=C(Oc1ccc2c(c1)O/C(=C\c1cccc(Br)c1)C2=O)c1ccccc1. The zero-order valence-corrected chi connectivity index (χ0v) is 15.6. The third kappa shape index (κ3) is 3.68. The topological polar surface area (TPSA) is 52.6 Å². The Bertz CT molecular complexity index is 1070. The first-order valence-corrected chi connectivity index (χ1v) is 9.00. The second kappa shape index (κ2) is 7.21. The quantitative estimate of drug-likeness (QED) is 0.328. The average Bonchev–Trinajstić information content (AvgIpc) is 2.97. The fraction of sp³-hybridized carbons (Fsp3) is 0. The van der Waals surface area contributed by atoms with E-state index >= 15 is 0 Å². The van der Waals surface area contributed by atoms with Crippen LogP contribution >= 0.6 is 15.9 Å². The summed E-state index contributed by atoms with van der Waals surface area (Å²) in [5.74, 6) is 0.254. The van der Waals surface area contributed by atoms with Crippen LogP contribution in [0.15, 0.2) is 83.0 Å². The van der Waals surface area contributed by atoms with Gasteiger partial charge < -0.3 is 9.47 Å². The number of benzene rings is 3.